The number of carbonyl (C=O) groups excluding carboxylic acids is 2. The molecule has 1 aromatic carbocycles. The number of ether oxygens (including phenoxy) is 1. The van der Waals surface area contributed by atoms with Crippen LogP contribution in [0.2, 0.25) is 0 Å². The number of hydrogen-bond acceptors (Lipinski definition) is 5. The van der Waals surface area contributed by atoms with Gasteiger partial charge in [0.2, 0.25) is 0 Å². The summed E-state index contributed by atoms with van der Waals surface area (Å²) in [5.41, 5.74) is 2.04. The highest BCUT2D eigenvalue weighted by molar-refractivity contribution is 5.94. The van der Waals surface area contributed by atoms with Crippen LogP contribution in [0.5, 0.6) is 0 Å². The SMILES string of the molecule is CC(C)NC(=O)C1(Cc2ccccc2-c2cccnc2)CN(C(=O)c2ccccn2)CCO1. The second kappa shape index (κ2) is 9.92. The summed E-state index contributed by atoms with van der Waals surface area (Å²) in [6, 6.07) is 17.0. The van der Waals surface area contributed by atoms with Crippen molar-refractivity contribution in [2.45, 2.75) is 31.9 Å². The van der Waals surface area contributed by atoms with Crippen LogP contribution < -0.4 is 5.32 Å². The molecule has 33 heavy (non-hydrogen) atoms. The van der Waals surface area contributed by atoms with E-state index >= 15 is 0 Å². The van der Waals surface area contributed by atoms with Gasteiger partial charge in [-0.05, 0) is 43.2 Å². The van der Waals surface area contributed by atoms with E-state index in [1.165, 1.54) is 0 Å². The number of amides is 2. The number of hydrogen-bond donors (Lipinski definition) is 1. The molecule has 0 spiro atoms. The van der Waals surface area contributed by atoms with Crippen molar-refractivity contribution in [3.63, 3.8) is 0 Å². The van der Waals surface area contributed by atoms with Crippen molar-refractivity contribution in [2.24, 2.45) is 0 Å². The number of nitrogens with zero attached hydrogens (tertiary/aromatic N) is 3. The first-order valence-electron chi connectivity index (χ1n) is 11.1. The van der Waals surface area contributed by atoms with Gasteiger partial charge >= 0.3 is 0 Å². The Morgan fingerprint density at radius 2 is 1.91 bits per heavy atom. The molecule has 170 valence electrons. The summed E-state index contributed by atoms with van der Waals surface area (Å²) in [7, 11) is 0. The van der Waals surface area contributed by atoms with Gasteiger partial charge in [0, 0.05) is 43.2 Å². The molecule has 1 unspecified atom stereocenters. The lowest BCUT2D eigenvalue weighted by Gasteiger charge is -2.42. The minimum Gasteiger partial charge on any atom is -0.361 e. The average Bonchev–Trinajstić information content (AvgIpc) is 2.85. The number of aromatic nitrogens is 2. The smallest absolute Gasteiger partial charge is 0.272 e. The average molecular weight is 445 g/mol. The van der Waals surface area contributed by atoms with Crippen LogP contribution in [0.3, 0.4) is 0 Å². The van der Waals surface area contributed by atoms with Gasteiger partial charge in [-0.15, -0.1) is 0 Å². The van der Waals surface area contributed by atoms with E-state index in [1.807, 2.05) is 50.2 Å². The molecular formula is C26H28N4O3. The van der Waals surface area contributed by atoms with E-state index in [9.17, 15) is 9.59 Å². The Morgan fingerprint density at radius 3 is 2.64 bits per heavy atom. The standard InChI is InChI=1S/C26H28N4O3/c1-19(2)29-25(32)26(16-20-8-3-4-10-22(20)21-9-7-12-27-17-21)18-30(14-15-33-26)24(31)23-11-5-6-13-28-23/h3-13,17,19H,14-16,18H2,1-2H3,(H,29,32). The van der Waals surface area contributed by atoms with Gasteiger partial charge in [0.05, 0.1) is 13.2 Å². The van der Waals surface area contributed by atoms with E-state index < -0.39 is 5.60 Å². The summed E-state index contributed by atoms with van der Waals surface area (Å²) in [5.74, 6) is -0.432. The summed E-state index contributed by atoms with van der Waals surface area (Å²) in [6.07, 6.45) is 5.45. The van der Waals surface area contributed by atoms with E-state index in [0.29, 0.717) is 18.7 Å². The molecule has 1 fully saturated rings. The van der Waals surface area contributed by atoms with Crippen molar-refractivity contribution in [1.29, 1.82) is 0 Å². The number of rotatable bonds is 6. The van der Waals surface area contributed by atoms with Gasteiger partial charge in [0.15, 0.2) is 5.60 Å². The molecule has 1 aliphatic heterocycles. The van der Waals surface area contributed by atoms with Crippen LogP contribution in [0.15, 0.2) is 73.2 Å². The summed E-state index contributed by atoms with van der Waals surface area (Å²) in [4.78, 5) is 36.7. The first kappa shape index (κ1) is 22.6. The number of pyridine rings is 2. The molecule has 2 aromatic heterocycles. The third-order valence-electron chi connectivity index (χ3n) is 5.66. The molecule has 0 bridgehead atoms. The first-order valence-corrected chi connectivity index (χ1v) is 11.1. The quantitative estimate of drug-likeness (QED) is 0.632. The molecule has 3 heterocycles. The topological polar surface area (TPSA) is 84.4 Å². The maximum Gasteiger partial charge on any atom is 0.272 e. The van der Waals surface area contributed by atoms with Gasteiger partial charge in [-0.25, -0.2) is 0 Å². The van der Waals surface area contributed by atoms with E-state index in [2.05, 4.69) is 15.3 Å². The molecule has 1 saturated heterocycles. The molecule has 7 nitrogen and oxygen atoms in total. The van der Waals surface area contributed by atoms with Gasteiger partial charge in [-0.2, -0.15) is 0 Å². The summed E-state index contributed by atoms with van der Waals surface area (Å²) in [6.45, 7) is 4.63. The number of carbonyl (C=O) groups is 2. The van der Waals surface area contributed by atoms with E-state index in [1.54, 1.807) is 41.7 Å². The van der Waals surface area contributed by atoms with E-state index in [4.69, 9.17) is 4.74 Å². The highest BCUT2D eigenvalue weighted by atomic mass is 16.5. The Kier molecular flexibility index (Phi) is 6.79. The Balaban J connectivity index is 1.69. The molecule has 0 aliphatic carbocycles. The van der Waals surface area contributed by atoms with Crippen LogP contribution in [0.4, 0.5) is 0 Å². The Bertz CT molecular complexity index is 1100. The molecular weight excluding hydrogens is 416 g/mol. The monoisotopic (exact) mass is 444 g/mol. The van der Waals surface area contributed by atoms with Crippen LogP contribution in [0, 0.1) is 0 Å². The fourth-order valence-corrected chi connectivity index (χ4v) is 4.11. The minimum atomic E-state index is -1.22. The zero-order chi connectivity index (χ0) is 23.3. The van der Waals surface area contributed by atoms with E-state index in [-0.39, 0.29) is 31.0 Å². The fourth-order valence-electron chi connectivity index (χ4n) is 4.11. The van der Waals surface area contributed by atoms with Crippen molar-refractivity contribution in [1.82, 2.24) is 20.2 Å². The molecule has 3 aromatic rings. The zero-order valence-electron chi connectivity index (χ0n) is 18.9. The second-order valence-corrected chi connectivity index (χ2v) is 8.49. The summed E-state index contributed by atoms with van der Waals surface area (Å²) in [5, 5.41) is 3.00. The maximum atomic E-state index is 13.5. The van der Waals surface area contributed by atoms with Crippen molar-refractivity contribution in [2.75, 3.05) is 19.7 Å². The number of morpholine rings is 1. The number of nitrogens with one attached hydrogen (secondary N) is 1. The lowest BCUT2D eigenvalue weighted by Crippen LogP contribution is -2.62. The highest BCUT2D eigenvalue weighted by Crippen LogP contribution is 2.30. The second-order valence-electron chi connectivity index (χ2n) is 8.49. The largest absolute Gasteiger partial charge is 0.361 e. The lowest BCUT2D eigenvalue weighted by molar-refractivity contribution is -0.157. The third kappa shape index (κ3) is 5.09. The predicted molar refractivity (Wildman–Crippen MR) is 125 cm³/mol. The van der Waals surface area contributed by atoms with Crippen LogP contribution in [0.25, 0.3) is 11.1 Å². The van der Waals surface area contributed by atoms with Gasteiger partial charge in [0.25, 0.3) is 11.8 Å². The molecule has 7 heteroatoms. The summed E-state index contributed by atoms with van der Waals surface area (Å²) < 4.78 is 6.20. The number of benzene rings is 1. The zero-order valence-corrected chi connectivity index (χ0v) is 18.9. The Hall–Kier alpha value is -3.58. The van der Waals surface area contributed by atoms with Crippen LogP contribution in [0.1, 0.15) is 29.9 Å². The van der Waals surface area contributed by atoms with Gasteiger partial charge in [0.1, 0.15) is 5.69 Å². The molecule has 2 amide bonds. The van der Waals surface area contributed by atoms with Crippen LogP contribution >= 0.6 is 0 Å². The first-order chi connectivity index (χ1) is 16.0. The van der Waals surface area contributed by atoms with Crippen molar-refractivity contribution >= 4 is 11.8 Å². The predicted octanol–water partition coefficient (Wildman–Crippen LogP) is 3.12. The molecule has 1 N–H and O–H groups in total. The van der Waals surface area contributed by atoms with Crippen molar-refractivity contribution in [3.05, 3.63) is 84.4 Å². The molecule has 0 radical (unpaired) electrons. The Morgan fingerprint density at radius 1 is 1.09 bits per heavy atom. The lowest BCUT2D eigenvalue weighted by atomic mass is 9.87. The normalized spacial score (nSPS) is 18.2. The van der Waals surface area contributed by atoms with Crippen LogP contribution in [-0.2, 0) is 16.0 Å². The molecule has 1 aliphatic rings. The van der Waals surface area contributed by atoms with Gasteiger partial charge in [-0.3, -0.25) is 19.6 Å². The molecule has 1 atom stereocenters. The fraction of sp³-hybridized carbons (Fsp3) is 0.308. The minimum absolute atomic E-state index is 0.0617. The van der Waals surface area contributed by atoms with Crippen molar-refractivity contribution in [3.8, 4) is 11.1 Å². The van der Waals surface area contributed by atoms with Crippen molar-refractivity contribution < 1.29 is 14.3 Å². The van der Waals surface area contributed by atoms with E-state index in [0.717, 1.165) is 16.7 Å². The van der Waals surface area contributed by atoms with Gasteiger partial charge in [-0.1, -0.05) is 36.4 Å². The van der Waals surface area contributed by atoms with Gasteiger partial charge < -0.3 is 15.0 Å². The third-order valence-corrected chi connectivity index (χ3v) is 5.66. The Labute approximate surface area is 193 Å². The maximum absolute atomic E-state index is 13.5. The summed E-state index contributed by atoms with van der Waals surface area (Å²) >= 11 is 0. The van der Waals surface area contributed by atoms with Crippen LogP contribution in [-0.4, -0.2) is 58.0 Å². The molecule has 0 saturated carbocycles. The molecule has 4 rings (SSSR count). The highest BCUT2D eigenvalue weighted by Gasteiger charge is 2.46.